The lowest BCUT2D eigenvalue weighted by Crippen LogP contribution is -2.37. The lowest BCUT2D eigenvalue weighted by Gasteiger charge is -2.16. The Labute approximate surface area is 115 Å². The molecule has 19 heavy (non-hydrogen) atoms. The Morgan fingerprint density at radius 3 is 2.32 bits per heavy atom. The summed E-state index contributed by atoms with van der Waals surface area (Å²) in [5, 5.41) is 5.75. The zero-order chi connectivity index (χ0) is 14.0. The van der Waals surface area contributed by atoms with Gasteiger partial charge in [-0.2, -0.15) is 5.10 Å². The van der Waals surface area contributed by atoms with Gasteiger partial charge in [-0.25, -0.2) is 9.66 Å². The van der Waals surface area contributed by atoms with Crippen molar-refractivity contribution >= 4 is 25.4 Å². The molecule has 0 aliphatic carbocycles. The third kappa shape index (κ3) is 3.32. The predicted octanol–water partition coefficient (Wildman–Crippen LogP) is 2.20. The van der Waals surface area contributed by atoms with Crippen LogP contribution in [0, 0.1) is 6.92 Å². The van der Waals surface area contributed by atoms with Gasteiger partial charge in [-0.1, -0.05) is 49.1 Å². The number of hydrogen-bond acceptors (Lipinski definition) is 3. The molecule has 0 spiro atoms. The third-order valence-corrected chi connectivity index (χ3v) is 5.01. The molecule has 0 aliphatic rings. The summed E-state index contributed by atoms with van der Waals surface area (Å²) in [4.78, 5) is 4.10. The topological polar surface area (TPSA) is 56.2 Å². The summed E-state index contributed by atoms with van der Waals surface area (Å²) in [7, 11) is -1.23. The first-order chi connectivity index (χ1) is 8.86. The Morgan fingerprint density at radius 2 is 1.84 bits per heavy atom. The molecule has 0 radical (unpaired) electrons. The van der Waals surface area contributed by atoms with Crippen molar-refractivity contribution in [1.82, 2.24) is 9.66 Å². The highest BCUT2D eigenvalue weighted by Crippen LogP contribution is 2.05. The molecule has 5 heteroatoms. The van der Waals surface area contributed by atoms with Crippen LogP contribution in [-0.2, 0) is 0 Å². The van der Waals surface area contributed by atoms with Crippen molar-refractivity contribution in [2.45, 2.75) is 26.6 Å². The lowest BCUT2D eigenvalue weighted by atomic mass is 10.2. The van der Waals surface area contributed by atoms with Crippen LogP contribution in [0.2, 0.25) is 19.6 Å². The van der Waals surface area contributed by atoms with Crippen LogP contribution >= 0.6 is 0 Å². The van der Waals surface area contributed by atoms with Gasteiger partial charge in [0.05, 0.1) is 26.2 Å². The van der Waals surface area contributed by atoms with Crippen LogP contribution in [0.25, 0.3) is 0 Å². The van der Waals surface area contributed by atoms with Crippen LogP contribution in [0.1, 0.15) is 11.3 Å². The Morgan fingerprint density at radius 1 is 1.21 bits per heavy atom. The largest absolute Gasteiger partial charge is 0.368 e. The van der Waals surface area contributed by atoms with E-state index in [1.54, 1.807) is 10.9 Å². The van der Waals surface area contributed by atoms with Crippen LogP contribution in [0.15, 0.2) is 35.6 Å². The van der Waals surface area contributed by atoms with Gasteiger partial charge in [0.25, 0.3) is 0 Å². The maximum absolute atomic E-state index is 5.73. The number of nitrogens with two attached hydrogens (primary N) is 1. The van der Waals surface area contributed by atoms with Gasteiger partial charge in [0.1, 0.15) is 0 Å². The molecule has 0 saturated heterocycles. The van der Waals surface area contributed by atoms with E-state index in [1.165, 1.54) is 5.19 Å². The molecule has 0 amide bonds. The van der Waals surface area contributed by atoms with Crippen molar-refractivity contribution in [3.8, 4) is 0 Å². The number of rotatable bonds is 3. The first kappa shape index (κ1) is 13.5. The number of aryl methyl sites for hydroxylation is 1. The van der Waals surface area contributed by atoms with Gasteiger partial charge in [0, 0.05) is 0 Å². The second kappa shape index (κ2) is 5.01. The Kier molecular flexibility index (Phi) is 3.57. The van der Waals surface area contributed by atoms with Crippen molar-refractivity contribution in [3.05, 3.63) is 41.7 Å². The molecule has 2 rings (SSSR count). The van der Waals surface area contributed by atoms with E-state index in [4.69, 9.17) is 5.73 Å². The van der Waals surface area contributed by atoms with E-state index < -0.39 is 8.07 Å². The second-order valence-electron chi connectivity index (χ2n) is 5.70. The van der Waals surface area contributed by atoms with Crippen LogP contribution in [0.5, 0.6) is 0 Å². The maximum atomic E-state index is 5.73. The molecule has 1 heterocycles. The van der Waals surface area contributed by atoms with Gasteiger partial charge in [-0.15, -0.1) is 0 Å². The van der Waals surface area contributed by atoms with Crippen LogP contribution in [0.3, 0.4) is 0 Å². The number of hydrogen-bond donors (Lipinski definition) is 1. The van der Waals surface area contributed by atoms with Gasteiger partial charge in [0.15, 0.2) is 0 Å². The van der Waals surface area contributed by atoms with E-state index in [0.29, 0.717) is 5.95 Å². The summed E-state index contributed by atoms with van der Waals surface area (Å²) in [5.74, 6) is 0.410. The molecule has 0 atom stereocenters. The van der Waals surface area contributed by atoms with Crippen molar-refractivity contribution < 1.29 is 0 Å². The van der Waals surface area contributed by atoms with Crippen molar-refractivity contribution in [3.63, 3.8) is 0 Å². The third-order valence-electron chi connectivity index (χ3n) is 2.94. The number of benzene rings is 1. The molecule has 1 aromatic heterocycles. The highest BCUT2D eigenvalue weighted by atomic mass is 28.3. The predicted molar refractivity (Wildman–Crippen MR) is 83.8 cm³/mol. The van der Waals surface area contributed by atoms with Crippen LogP contribution in [-0.4, -0.2) is 23.9 Å². The molecule has 0 unspecified atom stereocenters. The lowest BCUT2D eigenvalue weighted by molar-refractivity contribution is 0.897. The van der Waals surface area contributed by atoms with Gasteiger partial charge in [-0.3, -0.25) is 0 Å². The molecule has 2 aromatic rings. The van der Waals surface area contributed by atoms with Crippen LogP contribution in [0.4, 0.5) is 5.95 Å². The highest BCUT2D eigenvalue weighted by molar-refractivity contribution is 6.88. The second-order valence-corrected chi connectivity index (χ2v) is 10.8. The van der Waals surface area contributed by atoms with E-state index in [1.807, 2.05) is 13.1 Å². The molecular weight excluding hydrogens is 252 g/mol. The maximum Gasteiger partial charge on any atom is 0.221 e. The van der Waals surface area contributed by atoms with Crippen LogP contribution < -0.4 is 10.9 Å². The minimum Gasteiger partial charge on any atom is -0.368 e. The van der Waals surface area contributed by atoms with E-state index in [9.17, 15) is 0 Å². The van der Waals surface area contributed by atoms with Crippen molar-refractivity contribution in [2.24, 2.45) is 5.10 Å². The average molecular weight is 272 g/mol. The number of imidazole rings is 1. The quantitative estimate of drug-likeness (QED) is 0.688. The molecule has 1 aromatic carbocycles. The SMILES string of the molecule is Cc1cn(N=Cc2ccc([Si](C)(C)C)cc2)c(N)n1. The van der Waals surface area contributed by atoms with E-state index in [0.717, 1.165) is 11.3 Å². The zero-order valence-corrected chi connectivity index (χ0v) is 12.9. The molecule has 2 N–H and O–H groups in total. The standard InChI is InChI=1S/C14H20N4Si/c1-11-10-18(14(15)17-11)16-9-12-5-7-13(8-6-12)19(2,3)4/h5-10H,1-4H3,(H2,15,17). The van der Waals surface area contributed by atoms with E-state index >= 15 is 0 Å². The minimum atomic E-state index is -1.23. The first-order valence-corrected chi connectivity index (χ1v) is 9.82. The summed E-state index contributed by atoms with van der Waals surface area (Å²) in [6.07, 6.45) is 3.60. The molecule has 100 valence electrons. The Hall–Kier alpha value is -1.88. The average Bonchev–Trinajstić information content (AvgIpc) is 2.65. The normalized spacial score (nSPS) is 12.2. The van der Waals surface area contributed by atoms with Gasteiger partial charge in [-0.05, 0) is 12.5 Å². The molecule has 0 aliphatic heterocycles. The van der Waals surface area contributed by atoms with E-state index in [2.05, 4.69) is 54.0 Å². The highest BCUT2D eigenvalue weighted by Gasteiger charge is 2.15. The molecule has 0 bridgehead atoms. The summed E-state index contributed by atoms with van der Waals surface area (Å²) in [5.41, 5.74) is 7.66. The molecule has 0 saturated carbocycles. The first-order valence-electron chi connectivity index (χ1n) is 6.32. The smallest absolute Gasteiger partial charge is 0.221 e. The van der Waals surface area contributed by atoms with Crippen molar-refractivity contribution in [2.75, 3.05) is 5.73 Å². The summed E-state index contributed by atoms with van der Waals surface area (Å²) >= 11 is 0. The fourth-order valence-corrected chi connectivity index (χ4v) is 2.96. The van der Waals surface area contributed by atoms with Crippen molar-refractivity contribution in [1.29, 1.82) is 0 Å². The Balaban J connectivity index is 2.18. The van der Waals surface area contributed by atoms with Gasteiger partial charge >= 0.3 is 0 Å². The molecule has 0 fully saturated rings. The zero-order valence-electron chi connectivity index (χ0n) is 11.9. The minimum absolute atomic E-state index is 0.410. The monoisotopic (exact) mass is 272 g/mol. The summed E-state index contributed by atoms with van der Waals surface area (Å²) < 4.78 is 1.59. The number of nitrogens with zero attached hydrogens (tertiary/aromatic N) is 3. The van der Waals surface area contributed by atoms with E-state index in [-0.39, 0.29) is 0 Å². The molecule has 4 nitrogen and oxygen atoms in total. The van der Waals surface area contributed by atoms with Gasteiger partial charge in [0.2, 0.25) is 5.95 Å². The fraction of sp³-hybridized carbons (Fsp3) is 0.286. The fourth-order valence-electron chi connectivity index (χ4n) is 1.79. The number of nitrogen functional groups attached to an aromatic ring is 1. The number of aromatic nitrogens is 2. The summed E-state index contributed by atoms with van der Waals surface area (Å²) in [6, 6.07) is 8.57. The van der Waals surface area contributed by atoms with Gasteiger partial charge < -0.3 is 5.73 Å². The number of anilines is 1. The summed E-state index contributed by atoms with van der Waals surface area (Å²) in [6.45, 7) is 8.91. The Bertz CT molecular complexity index is 591. The molecular formula is C14H20N4Si.